The molecule has 124 valence electrons. The van der Waals surface area contributed by atoms with Crippen LogP contribution in [0.1, 0.15) is 26.3 Å². The molecule has 0 spiro atoms. The fourth-order valence-corrected chi connectivity index (χ4v) is 4.48. The highest BCUT2D eigenvalue weighted by Crippen LogP contribution is 2.47. The molecule has 1 aliphatic carbocycles. The summed E-state index contributed by atoms with van der Waals surface area (Å²) >= 11 is 1.09. The van der Waals surface area contributed by atoms with Gasteiger partial charge >= 0.3 is 4.87 Å². The maximum absolute atomic E-state index is 12.5. The number of aliphatic hydroxyl groups excluding tert-OH is 1. The quantitative estimate of drug-likeness (QED) is 0.820. The lowest BCUT2D eigenvalue weighted by molar-refractivity contribution is -0.161. The minimum absolute atomic E-state index is 0.00888. The topological polar surface area (TPSA) is 112 Å². The van der Waals surface area contributed by atoms with Crippen LogP contribution in [0.4, 0.5) is 5.95 Å². The average Bonchev–Trinajstić information content (AvgIpc) is 3.06. The van der Waals surface area contributed by atoms with Gasteiger partial charge < -0.3 is 20.3 Å². The molecule has 8 nitrogen and oxygen atoms in total. The average molecular weight is 338 g/mol. The molecule has 0 amide bonds. The van der Waals surface area contributed by atoms with Crippen molar-refractivity contribution in [3.8, 4) is 0 Å². The molecule has 0 unspecified atom stereocenters. The van der Waals surface area contributed by atoms with Crippen LogP contribution in [-0.4, -0.2) is 44.2 Å². The molecule has 0 aromatic carbocycles. The summed E-state index contributed by atoms with van der Waals surface area (Å²) in [6.07, 6.45) is 1.62. The normalized spacial score (nSPS) is 32.5. The number of thiazole rings is 1. The lowest BCUT2D eigenvalue weighted by Crippen LogP contribution is -2.31. The van der Waals surface area contributed by atoms with Crippen LogP contribution in [0.15, 0.2) is 11.0 Å². The van der Waals surface area contributed by atoms with E-state index in [0.717, 1.165) is 11.3 Å². The second kappa shape index (κ2) is 4.97. The highest BCUT2D eigenvalue weighted by molar-refractivity contribution is 7.16. The lowest BCUT2D eigenvalue weighted by Gasteiger charge is -2.23. The Balaban J connectivity index is 1.83. The molecule has 2 aromatic rings. The van der Waals surface area contributed by atoms with Gasteiger partial charge in [0.25, 0.3) is 0 Å². The Bertz CT molecular complexity index is 817. The van der Waals surface area contributed by atoms with Gasteiger partial charge in [-0.2, -0.15) is 4.98 Å². The highest BCUT2D eigenvalue weighted by atomic mass is 32.1. The van der Waals surface area contributed by atoms with Gasteiger partial charge in [-0.05, 0) is 20.3 Å². The Morgan fingerprint density at radius 3 is 2.96 bits per heavy atom. The van der Waals surface area contributed by atoms with Gasteiger partial charge in [-0.15, -0.1) is 0 Å². The number of nitrogen functional groups attached to an aromatic ring is 1. The number of rotatable bonds is 2. The van der Waals surface area contributed by atoms with Gasteiger partial charge in [0, 0.05) is 12.5 Å². The van der Waals surface area contributed by atoms with Gasteiger partial charge in [0.1, 0.15) is 6.10 Å². The fraction of sp³-hybridized carbons (Fsp3) is 0.643. The Kier molecular flexibility index (Phi) is 3.24. The predicted molar refractivity (Wildman–Crippen MR) is 84.1 cm³/mol. The minimum atomic E-state index is -0.731. The first-order valence-corrected chi connectivity index (χ1v) is 8.31. The van der Waals surface area contributed by atoms with Crippen molar-refractivity contribution in [3.05, 3.63) is 15.9 Å². The van der Waals surface area contributed by atoms with Crippen molar-refractivity contribution in [3.63, 3.8) is 0 Å². The third-order valence-corrected chi connectivity index (χ3v) is 5.37. The first kappa shape index (κ1) is 15.0. The zero-order chi connectivity index (χ0) is 16.4. The van der Waals surface area contributed by atoms with Gasteiger partial charge in [0.05, 0.1) is 23.0 Å². The van der Waals surface area contributed by atoms with Gasteiger partial charge in [-0.1, -0.05) is 11.3 Å². The SMILES string of the molecule is CC1(C)O[C@@H]2[C@@H](CO)C[C@@H](n3c(=O)sc4cnc(N)nc43)[C@@H]2O1. The Morgan fingerprint density at radius 2 is 2.22 bits per heavy atom. The number of anilines is 1. The summed E-state index contributed by atoms with van der Waals surface area (Å²) in [7, 11) is 0. The highest BCUT2D eigenvalue weighted by Gasteiger charge is 2.54. The molecule has 9 heteroatoms. The van der Waals surface area contributed by atoms with E-state index in [4.69, 9.17) is 15.2 Å². The van der Waals surface area contributed by atoms with E-state index in [0.29, 0.717) is 16.8 Å². The van der Waals surface area contributed by atoms with E-state index in [-0.39, 0.29) is 41.6 Å². The first-order chi connectivity index (χ1) is 10.9. The molecule has 23 heavy (non-hydrogen) atoms. The number of hydrogen-bond acceptors (Lipinski definition) is 8. The maximum Gasteiger partial charge on any atom is 0.309 e. The Morgan fingerprint density at radius 1 is 1.48 bits per heavy atom. The van der Waals surface area contributed by atoms with Gasteiger partial charge in [0.15, 0.2) is 11.4 Å². The molecule has 0 radical (unpaired) electrons. The fourth-order valence-electron chi connectivity index (χ4n) is 3.63. The van der Waals surface area contributed by atoms with Crippen LogP contribution in [0, 0.1) is 5.92 Å². The zero-order valence-corrected chi connectivity index (χ0v) is 13.6. The van der Waals surface area contributed by atoms with E-state index in [9.17, 15) is 9.90 Å². The molecule has 3 N–H and O–H groups in total. The van der Waals surface area contributed by atoms with Crippen molar-refractivity contribution in [2.45, 2.75) is 44.3 Å². The summed E-state index contributed by atoms with van der Waals surface area (Å²) in [6.45, 7) is 3.67. The summed E-state index contributed by atoms with van der Waals surface area (Å²) in [6, 6.07) is -0.241. The van der Waals surface area contributed by atoms with Crippen LogP contribution in [0.25, 0.3) is 10.3 Å². The van der Waals surface area contributed by atoms with E-state index in [1.165, 1.54) is 0 Å². The maximum atomic E-state index is 12.5. The number of aliphatic hydroxyl groups is 1. The van der Waals surface area contributed by atoms with Crippen molar-refractivity contribution in [2.24, 2.45) is 5.92 Å². The van der Waals surface area contributed by atoms with Crippen LogP contribution in [0.3, 0.4) is 0 Å². The molecule has 2 fully saturated rings. The Labute approximate surface area is 135 Å². The predicted octanol–water partition coefficient (Wildman–Crippen LogP) is 0.509. The lowest BCUT2D eigenvalue weighted by atomic mass is 10.1. The van der Waals surface area contributed by atoms with Crippen molar-refractivity contribution in [1.29, 1.82) is 0 Å². The molecule has 1 aliphatic heterocycles. The molecule has 1 saturated heterocycles. The summed E-state index contributed by atoms with van der Waals surface area (Å²) < 4.78 is 14.2. The summed E-state index contributed by atoms with van der Waals surface area (Å²) in [4.78, 5) is 20.5. The number of hydrogen-bond donors (Lipinski definition) is 2. The standard InChI is InChI=1S/C14H18N4O4S/c1-14(2)21-9-6(5-19)3-7(10(9)22-14)18-11-8(23-13(18)20)4-16-12(15)17-11/h4,6-7,9-10,19H,3,5H2,1-2H3,(H2,15,16,17)/t6-,7-,9-,10+/m1/s1. The van der Waals surface area contributed by atoms with E-state index >= 15 is 0 Å². The minimum Gasteiger partial charge on any atom is -0.396 e. The molecule has 1 saturated carbocycles. The van der Waals surface area contributed by atoms with E-state index in [2.05, 4.69) is 9.97 Å². The van der Waals surface area contributed by atoms with Crippen LogP contribution in [-0.2, 0) is 9.47 Å². The van der Waals surface area contributed by atoms with Crippen molar-refractivity contribution >= 4 is 27.6 Å². The van der Waals surface area contributed by atoms with E-state index < -0.39 is 5.79 Å². The molecule has 4 rings (SSSR count). The first-order valence-electron chi connectivity index (χ1n) is 7.49. The Hall–Kier alpha value is -1.55. The van der Waals surface area contributed by atoms with Crippen molar-refractivity contribution in [1.82, 2.24) is 14.5 Å². The number of nitrogens with zero attached hydrogens (tertiary/aromatic N) is 3. The van der Waals surface area contributed by atoms with Crippen LogP contribution in [0.5, 0.6) is 0 Å². The molecular weight excluding hydrogens is 320 g/mol. The molecule has 4 atom stereocenters. The number of aromatic nitrogens is 3. The van der Waals surface area contributed by atoms with Crippen LogP contribution < -0.4 is 10.6 Å². The zero-order valence-electron chi connectivity index (χ0n) is 12.8. The van der Waals surface area contributed by atoms with Crippen molar-refractivity contribution < 1.29 is 14.6 Å². The van der Waals surface area contributed by atoms with Gasteiger partial charge in [-0.3, -0.25) is 9.36 Å². The van der Waals surface area contributed by atoms with Gasteiger partial charge in [0.2, 0.25) is 5.95 Å². The summed E-state index contributed by atoms with van der Waals surface area (Å²) in [5, 5.41) is 9.66. The summed E-state index contributed by atoms with van der Waals surface area (Å²) in [5.41, 5.74) is 6.19. The largest absolute Gasteiger partial charge is 0.396 e. The monoisotopic (exact) mass is 338 g/mol. The number of ether oxygens (including phenoxy) is 2. The van der Waals surface area contributed by atoms with Gasteiger partial charge in [-0.25, -0.2) is 4.98 Å². The van der Waals surface area contributed by atoms with Crippen molar-refractivity contribution in [2.75, 3.05) is 12.3 Å². The number of nitrogens with two attached hydrogens (primary N) is 1. The summed E-state index contributed by atoms with van der Waals surface area (Å²) in [5.74, 6) is -0.681. The molecule has 2 aromatic heterocycles. The molecule has 3 heterocycles. The third-order valence-electron chi connectivity index (χ3n) is 4.49. The van der Waals surface area contributed by atoms with Crippen LogP contribution in [0.2, 0.25) is 0 Å². The van der Waals surface area contributed by atoms with Crippen LogP contribution >= 0.6 is 11.3 Å². The number of fused-ring (bicyclic) bond motifs is 2. The van der Waals surface area contributed by atoms with E-state index in [1.54, 1.807) is 10.8 Å². The van der Waals surface area contributed by atoms with E-state index in [1.807, 2.05) is 13.8 Å². The second-order valence-corrected chi connectivity index (χ2v) is 7.46. The smallest absolute Gasteiger partial charge is 0.309 e. The second-order valence-electron chi connectivity index (χ2n) is 6.46. The molecular formula is C14H18N4O4S. The molecule has 0 bridgehead atoms. The molecule has 2 aliphatic rings. The third kappa shape index (κ3) is 2.26.